The van der Waals surface area contributed by atoms with Gasteiger partial charge in [0.2, 0.25) is 5.91 Å². The van der Waals surface area contributed by atoms with Gasteiger partial charge < -0.3 is 15.1 Å². The Morgan fingerprint density at radius 3 is 2.57 bits per heavy atom. The predicted molar refractivity (Wildman–Crippen MR) is 86.5 cm³/mol. The number of aliphatic carboxylic acids is 1. The second kappa shape index (κ2) is 7.35. The van der Waals surface area contributed by atoms with E-state index in [9.17, 15) is 14.7 Å². The maximum atomic E-state index is 12.7. The first-order valence-corrected chi connectivity index (χ1v) is 8.51. The molecule has 0 aromatic heterocycles. The SMILES string of the molecule is CC#CCN(C(=O)CC(C)(O)C(=O)O)C1CCC2CCCCC21. The lowest BCUT2D eigenvalue weighted by atomic mass is 9.80. The summed E-state index contributed by atoms with van der Waals surface area (Å²) in [6.07, 6.45) is 6.52. The molecule has 0 aliphatic heterocycles. The van der Waals surface area contributed by atoms with E-state index in [2.05, 4.69) is 11.8 Å². The summed E-state index contributed by atoms with van der Waals surface area (Å²) in [7, 11) is 0. The third kappa shape index (κ3) is 4.06. The van der Waals surface area contributed by atoms with Gasteiger partial charge in [0.15, 0.2) is 5.60 Å². The summed E-state index contributed by atoms with van der Waals surface area (Å²) >= 11 is 0. The van der Waals surface area contributed by atoms with E-state index in [1.807, 2.05) is 0 Å². The Morgan fingerprint density at radius 1 is 1.22 bits per heavy atom. The molecule has 5 heteroatoms. The largest absolute Gasteiger partial charge is 0.479 e. The number of aliphatic hydroxyl groups is 1. The highest BCUT2D eigenvalue weighted by atomic mass is 16.4. The van der Waals surface area contributed by atoms with E-state index in [-0.39, 0.29) is 11.9 Å². The topological polar surface area (TPSA) is 77.8 Å². The highest BCUT2D eigenvalue weighted by molar-refractivity contribution is 5.86. The van der Waals surface area contributed by atoms with Crippen LogP contribution in [0.2, 0.25) is 0 Å². The summed E-state index contributed by atoms with van der Waals surface area (Å²) in [6, 6.07) is 0.137. The van der Waals surface area contributed by atoms with Gasteiger partial charge in [0, 0.05) is 6.04 Å². The second-order valence-corrected chi connectivity index (χ2v) is 7.06. The zero-order valence-corrected chi connectivity index (χ0v) is 14.0. The van der Waals surface area contributed by atoms with Gasteiger partial charge in [0.1, 0.15) is 0 Å². The lowest BCUT2D eigenvalue weighted by Gasteiger charge is -2.36. The molecular formula is C18H27NO4. The molecule has 128 valence electrons. The molecule has 0 radical (unpaired) electrons. The van der Waals surface area contributed by atoms with Gasteiger partial charge in [-0.15, -0.1) is 5.92 Å². The van der Waals surface area contributed by atoms with E-state index < -0.39 is 18.0 Å². The average molecular weight is 321 g/mol. The van der Waals surface area contributed by atoms with E-state index in [0.717, 1.165) is 19.3 Å². The lowest BCUT2D eigenvalue weighted by Crippen LogP contribution is -2.48. The molecule has 2 fully saturated rings. The van der Waals surface area contributed by atoms with Crippen LogP contribution >= 0.6 is 0 Å². The number of carbonyl (C=O) groups excluding carboxylic acids is 1. The smallest absolute Gasteiger partial charge is 0.335 e. The minimum atomic E-state index is -2.03. The van der Waals surface area contributed by atoms with E-state index in [0.29, 0.717) is 18.4 Å². The van der Waals surface area contributed by atoms with Gasteiger partial charge in [0.05, 0.1) is 13.0 Å². The first-order valence-electron chi connectivity index (χ1n) is 8.51. The molecule has 2 aliphatic carbocycles. The highest BCUT2D eigenvalue weighted by Gasteiger charge is 2.43. The Bertz CT molecular complexity index is 517. The van der Waals surface area contributed by atoms with Gasteiger partial charge in [-0.25, -0.2) is 4.79 Å². The Balaban J connectivity index is 2.14. The average Bonchev–Trinajstić information content (AvgIpc) is 2.91. The van der Waals surface area contributed by atoms with Gasteiger partial charge in [-0.05, 0) is 44.9 Å². The number of hydrogen-bond acceptors (Lipinski definition) is 3. The van der Waals surface area contributed by atoms with Gasteiger partial charge in [-0.1, -0.05) is 25.2 Å². The van der Waals surface area contributed by atoms with Crippen LogP contribution in [0.1, 0.15) is 58.8 Å². The summed E-state index contributed by atoms with van der Waals surface area (Å²) in [4.78, 5) is 25.5. The number of amides is 1. The zero-order valence-electron chi connectivity index (χ0n) is 14.0. The van der Waals surface area contributed by atoms with Crippen molar-refractivity contribution in [3.63, 3.8) is 0 Å². The van der Waals surface area contributed by atoms with Gasteiger partial charge in [0.25, 0.3) is 0 Å². The number of carboxylic acids is 1. The molecule has 2 N–H and O–H groups in total. The van der Waals surface area contributed by atoms with Crippen LogP contribution in [0.3, 0.4) is 0 Å². The summed E-state index contributed by atoms with van der Waals surface area (Å²) in [5.41, 5.74) is -2.03. The van der Waals surface area contributed by atoms with Crippen LogP contribution in [0, 0.1) is 23.7 Å². The monoisotopic (exact) mass is 321 g/mol. The minimum Gasteiger partial charge on any atom is -0.479 e. The van der Waals surface area contributed by atoms with Crippen molar-refractivity contribution in [3.05, 3.63) is 0 Å². The summed E-state index contributed by atoms with van der Waals surface area (Å²) in [5, 5.41) is 19.0. The molecule has 0 heterocycles. The van der Waals surface area contributed by atoms with Crippen molar-refractivity contribution in [3.8, 4) is 11.8 Å². The molecule has 5 nitrogen and oxygen atoms in total. The number of carboxylic acid groups (broad SMARTS) is 1. The highest BCUT2D eigenvalue weighted by Crippen LogP contribution is 2.44. The minimum absolute atomic E-state index is 0.137. The Kier molecular flexibility index (Phi) is 5.69. The van der Waals surface area contributed by atoms with Crippen LogP contribution in [0.5, 0.6) is 0 Å². The van der Waals surface area contributed by atoms with E-state index in [4.69, 9.17) is 5.11 Å². The van der Waals surface area contributed by atoms with Gasteiger partial charge in [-0.3, -0.25) is 4.79 Å². The molecule has 23 heavy (non-hydrogen) atoms. The summed E-state index contributed by atoms with van der Waals surface area (Å²) < 4.78 is 0. The number of nitrogens with zero attached hydrogens (tertiary/aromatic N) is 1. The number of rotatable bonds is 5. The third-order valence-electron chi connectivity index (χ3n) is 5.40. The Morgan fingerprint density at radius 2 is 1.91 bits per heavy atom. The molecule has 4 atom stereocenters. The van der Waals surface area contributed by atoms with Crippen molar-refractivity contribution in [2.45, 2.75) is 70.4 Å². The van der Waals surface area contributed by atoms with Crippen molar-refractivity contribution in [2.24, 2.45) is 11.8 Å². The van der Waals surface area contributed by atoms with Crippen molar-refractivity contribution in [1.29, 1.82) is 0 Å². The summed E-state index contributed by atoms with van der Waals surface area (Å²) in [5.74, 6) is 5.26. The molecule has 0 spiro atoms. The zero-order chi connectivity index (χ0) is 17.0. The molecular weight excluding hydrogens is 294 g/mol. The van der Waals surface area contributed by atoms with Gasteiger partial charge >= 0.3 is 5.97 Å². The third-order valence-corrected chi connectivity index (χ3v) is 5.40. The molecule has 0 bridgehead atoms. The summed E-state index contributed by atoms with van der Waals surface area (Å²) in [6.45, 7) is 3.22. The molecule has 2 rings (SSSR count). The predicted octanol–water partition coefficient (Wildman–Crippen LogP) is 2.03. The van der Waals surface area contributed by atoms with Crippen molar-refractivity contribution < 1.29 is 19.8 Å². The van der Waals surface area contributed by atoms with Crippen LogP contribution in [-0.4, -0.2) is 45.2 Å². The van der Waals surface area contributed by atoms with Crippen molar-refractivity contribution >= 4 is 11.9 Å². The van der Waals surface area contributed by atoms with Crippen molar-refractivity contribution in [2.75, 3.05) is 6.54 Å². The quantitative estimate of drug-likeness (QED) is 0.760. The maximum absolute atomic E-state index is 12.7. The molecule has 2 saturated carbocycles. The fraction of sp³-hybridized carbons (Fsp3) is 0.778. The van der Waals surface area contributed by atoms with Crippen LogP contribution in [0.25, 0.3) is 0 Å². The van der Waals surface area contributed by atoms with Crippen LogP contribution in [-0.2, 0) is 9.59 Å². The molecule has 0 aromatic rings. The normalized spacial score (nSPS) is 28.9. The standard InChI is InChI=1S/C18H27NO4/c1-3-4-11-19(16(20)12-18(2,23)17(21)22)15-10-9-13-7-5-6-8-14(13)15/h13-15,23H,5-12H2,1-2H3,(H,21,22). The maximum Gasteiger partial charge on any atom is 0.335 e. The van der Waals surface area contributed by atoms with Gasteiger partial charge in [-0.2, -0.15) is 0 Å². The van der Waals surface area contributed by atoms with E-state index in [1.54, 1.807) is 11.8 Å². The Hall–Kier alpha value is -1.54. The van der Waals surface area contributed by atoms with Crippen LogP contribution < -0.4 is 0 Å². The molecule has 1 amide bonds. The van der Waals surface area contributed by atoms with E-state index in [1.165, 1.54) is 26.2 Å². The van der Waals surface area contributed by atoms with Crippen LogP contribution in [0.15, 0.2) is 0 Å². The molecule has 0 aromatic carbocycles. The number of carbonyl (C=O) groups is 2. The van der Waals surface area contributed by atoms with Crippen molar-refractivity contribution in [1.82, 2.24) is 4.90 Å². The second-order valence-electron chi connectivity index (χ2n) is 7.06. The molecule has 4 unspecified atom stereocenters. The number of hydrogen-bond donors (Lipinski definition) is 2. The fourth-order valence-electron chi connectivity index (χ4n) is 4.11. The Labute approximate surface area is 138 Å². The van der Waals surface area contributed by atoms with E-state index >= 15 is 0 Å². The first kappa shape index (κ1) is 17.8. The first-order chi connectivity index (χ1) is 10.9. The molecule has 2 aliphatic rings. The van der Waals surface area contributed by atoms with Crippen LogP contribution in [0.4, 0.5) is 0 Å². The molecule has 0 saturated heterocycles. The fourth-order valence-corrected chi connectivity index (χ4v) is 4.11. The lowest BCUT2D eigenvalue weighted by molar-refractivity contribution is -0.162. The number of fused-ring (bicyclic) bond motifs is 1.